The Labute approximate surface area is 90.4 Å². The third kappa shape index (κ3) is 0.934. The summed E-state index contributed by atoms with van der Waals surface area (Å²) in [6.07, 6.45) is 0.961. The quantitative estimate of drug-likeness (QED) is 0.717. The highest BCUT2D eigenvalue weighted by atomic mass is 79.9. The molecule has 2 nitrogen and oxygen atoms in total. The molecule has 1 heterocycles. The summed E-state index contributed by atoms with van der Waals surface area (Å²) in [5, 5.41) is 0. The van der Waals surface area contributed by atoms with Crippen LogP contribution in [-0.4, -0.2) is 12.6 Å². The molecule has 1 aromatic carbocycles. The average molecular weight is 253 g/mol. The Kier molecular flexibility index (Phi) is 1.57. The van der Waals surface area contributed by atoms with Crippen LogP contribution in [-0.2, 0) is 14.9 Å². The summed E-state index contributed by atoms with van der Waals surface area (Å²) in [6, 6.07) is 7.97. The lowest BCUT2D eigenvalue weighted by Crippen LogP contribution is -2.18. The maximum atomic E-state index is 11.6. The van der Waals surface area contributed by atoms with Crippen molar-refractivity contribution < 1.29 is 9.53 Å². The van der Waals surface area contributed by atoms with Crippen LogP contribution in [0.2, 0.25) is 0 Å². The van der Waals surface area contributed by atoms with Gasteiger partial charge in [-0.15, -0.1) is 0 Å². The fourth-order valence-electron chi connectivity index (χ4n) is 2.32. The number of cyclic esters (lactones) is 1. The first-order chi connectivity index (χ1) is 6.73. The summed E-state index contributed by atoms with van der Waals surface area (Å²) >= 11 is 3.42. The van der Waals surface area contributed by atoms with Crippen LogP contribution < -0.4 is 0 Å². The van der Waals surface area contributed by atoms with Crippen LogP contribution in [0.5, 0.6) is 0 Å². The number of halogens is 1. The highest BCUT2D eigenvalue weighted by Gasteiger charge is 2.66. The number of fused-ring (bicyclic) bond motifs is 1. The second-order valence-electron chi connectivity index (χ2n) is 3.98. The van der Waals surface area contributed by atoms with E-state index in [1.165, 1.54) is 0 Å². The molecule has 3 rings (SSSR count). The number of benzene rings is 1. The summed E-state index contributed by atoms with van der Waals surface area (Å²) in [6.45, 7) is 0.603. The monoisotopic (exact) mass is 252 g/mol. The molecular formula is C11H9BrO2. The van der Waals surface area contributed by atoms with E-state index in [4.69, 9.17) is 4.74 Å². The highest BCUT2D eigenvalue weighted by molar-refractivity contribution is 9.10. The third-order valence-corrected chi connectivity index (χ3v) is 3.72. The largest absolute Gasteiger partial charge is 0.465 e. The minimum atomic E-state index is -0.288. The van der Waals surface area contributed by atoms with E-state index in [9.17, 15) is 4.79 Å². The molecule has 2 unspecified atom stereocenters. The zero-order valence-corrected chi connectivity index (χ0v) is 9.08. The van der Waals surface area contributed by atoms with E-state index in [0.29, 0.717) is 12.5 Å². The number of rotatable bonds is 1. The SMILES string of the molecule is O=C1OCC2CC12c1cccc(Br)c1. The van der Waals surface area contributed by atoms with E-state index < -0.39 is 0 Å². The molecule has 0 amide bonds. The van der Waals surface area contributed by atoms with Crippen molar-refractivity contribution in [3.05, 3.63) is 34.3 Å². The van der Waals surface area contributed by atoms with Crippen LogP contribution in [0.1, 0.15) is 12.0 Å². The minimum absolute atomic E-state index is 0.0411. The van der Waals surface area contributed by atoms with Crippen molar-refractivity contribution in [1.82, 2.24) is 0 Å². The molecule has 0 aromatic heterocycles. The van der Waals surface area contributed by atoms with E-state index >= 15 is 0 Å². The molecule has 0 spiro atoms. The molecule has 2 atom stereocenters. The predicted octanol–water partition coefficient (Wildman–Crippen LogP) is 2.26. The smallest absolute Gasteiger partial charge is 0.317 e. The van der Waals surface area contributed by atoms with Crippen LogP contribution >= 0.6 is 15.9 Å². The lowest BCUT2D eigenvalue weighted by molar-refractivity contribution is -0.142. The van der Waals surface area contributed by atoms with Gasteiger partial charge in [-0.25, -0.2) is 0 Å². The van der Waals surface area contributed by atoms with E-state index in [1.807, 2.05) is 24.3 Å². The van der Waals surface area contributed by atoms with Crippen molar-refractivity contribution in [2.24, 2.45) is 5.92 Å². The molecule has 1 aliphatic heterocycles. The summed E-state index contributed by atoms with van der Waals surface area (Å²) in [5.74, 6) is 0.380. The van der Waals surface area contributed by atoms with Gasteiger partial charge in [0.15, 0.2) is 0 Å². The van der Waals surface area contributed by atoms with Gasteiger partial charge < -0.3 is 4.74 Å². The molecule has 2 fully saturated rings. The zero-order chi connectivity index (χ0) is 9.76. The average Bonchev–Trinajstić information content (AvgIpc) is 2.83. The topological polar surface area (TPSA) is 26.3 Å². The van der Waals surface area contributed by atoms with Gasteiger partial charge in [0.1, 0.15) is 0 Å². The van der Waals surface area contributed by atoms with Crippen molar-refractivity contribution in [2.75, 3.05) is 6.61 Å². The zero-order valence-electron chi connectivity index (χ0n) is 7.50. The van der Waals surface area contributed by atoms with Gasteiger partial charge in [0.2, 0.25) is 0 Å². The van der Waals surface area contributed by atoms with Gasteiger partial charge in [0, 0.05) is 10.4 Å². The van der Waals surface area contributed by atoms with E-state index in [2.05, 4.69) is 15.9 Å². The van der Waals surface area contributed by atoms with Gasteiger partial charge in [-0.05, 0) is 24.1 Å². The van der Waals surface area contributed by atoms with Gasteiger partial charge in [-0.2, -0.15) is 0 Å². The van der Waals surface area contributed by atoms with Crippen LogP contribution in [0.25, 0.3) is 0 Å². The van der Waals surface area contributed by atoms with Gasteiger partial charge >= 0.3 is 5.97 Å². The Hall–Kier alpha value is -0.830. The fourth-order valence-corrected chi connectivity index (χ4v) is 2.72. The van der Waals surface area contributed by atoms with Crippen molar-refractivity contribution in [2.45, 2.75) is 11.8 Å². The lowest BCUT2D eigenvalue weighted by Gasteiger charge is -2.09. The fraction of sp³-hybridized carbons (Fsp3) is 0.364. The number of esters is 1. The van der Waals surface area contributed by atoms with E-state index in [-0.39, 0.29) is 11.4 Å². The Morgan fingerprint density at radius 3 is 2.93 bits per heavy atom. The van der Waals surface area contributed by atoms with Gasteiger partial charge in [-0.1, -0.05) is 28.1 Å². The standard InChI is InChI=1S/C11H9BrO2/c12-9-3-1-2-7(4-9)11-5-8(11)6-14-10(11)13/h1-4,8H,5-6H2. The number of carbonyl (C=O) groups is 1. The Balaban J connectivity index is 2.08. The van der Waals surface area contributed by atoms with Gasteiger partial charge in [0.25, 0.3) is 0 Å². The van der Waals surface area contributed by atoms with Crippen LogP contribution in [0, 0.1) is 5.92 Å². The van der Waals surface area contributed by atoms with Crippen LogP contribution in [0.3, 0.4) is 0 Å². The summed E-state index contributed by atoms with van der Waals surface area (Å²) < 4.78 is 6.08. The molecule has 2 aliphatic rings. The molecule has 0 N–H and O–H groups in total. The van der Waals surface area contributed by atoms with Gasteiger partial charge in [0.05, 0.1) is 12.0 Å². The summed E-state index contributed by atoms with van der Waals surface area (Å²) in [4.78, 5) is 11.6. The van der Waals surface area contributed by atoms with Crippen molar-refractivity contribution in [3.63, 3.8) is 0 Å². The number of hydrogen-bond donors (Lipinski definition) is 0. The first-order valence-electron chi connectivity index (χ1n) is 4.67. The van der Waals surface area contributed by atoms with Crippen LogP contribution in [0.15, 0.2) is 28.7 Å². The maximum absolute atomic E-state index is 11.6. The summed E-state index contributed by atoms with van der Waals surface area (Å²) in [7, 11) is 0. The van der Waals surface area contributed by atoms with Crippen molar-refractivity contribution in [1.29, 1.82) is 0 Å². The van der Waals surface area contributed by atoms with E-state index in [1.54, 1.807) is 0 Å². The molecule has 0 radical (unpaired) electrons. The van der Waals surface area contributed by atoms with Crippen molar-refractivity contribution in [3.8, 4) is 0 Å². The second-order valence-corrected chi connectivity index (χ2v) is 4.90. The molecule has 72 valence electrons. The molecule has 1 saturated heterocycles. The predicted molar refractivity (Wildman–Crippen MR) is 54.9 cm³/mol. The lowest BCUT2D eigenvalue weighted by atomic mass is 9.95. The number of ether oxygens (including phenoxy) is 1. The maximum Gasteiger partial charge on any atom is 0.317 e. The Bertz CT molecular complexity index is 416. The number of hydrogen-bond acceptors (Lipinski definition) is 2. The number of carbonyl (C=O) groups excluding carboxylic acids is 1. The Morgan fingerprint density at radius 2 is 2.36 bits per heavy atom. The minimum Gasteiger partial charge on any atom is -0.465 e. The second kappa shape index (κ2) is 2.60. The summed E-state index contributed by atoms with van der Waals surface area (Å²) in [5.41, 5.74) is 0.809. The molecule has 14 heavy (non-hydrogen) atoms. The molecule has 1 aliphatic carbocycles. The van der Waals surface area contributed by atoms with Crippen molar-refractivity contribution >= 4 is 21.9 Å². The molecule has 3 heteroatoms. The molecule has 1 aromatic rings. The molecule has 0 bridgehead atoms. The highest BCUT2D eigenvalue weighted by Crippen LogP contribution is 2.59. The van der Waals surface area contributed by atoms with Crippen LogP contribution in [0.4, 0.5) is 0 Å². The normalized spacial score (nSPS) is 33.8. The molecular weight excluding hydrogens is 244 g/mol. The first-order valence-corrected chi connectivity index (χ1v) is 5.46. The van der Waals surface area contributed by atoms with Gasteiger partial charge in [-0.3, -0.25) is 4.79 Å². The Morgan fingerprint density at radius 1 is 1.50 bits per heavy atom. The first kappa shape index (κ1) is 8.48. The molecule has 1 saturated carbocycles. The third-order valence-electron chi connectivity index (χ3n) is 3.22. The van der Waals surface area contributed by atoms with E-state index in [0.717, 1.165) is 16.5 Å².